The van der Waals surface area contributed by atoms with Gasteiger partial charge in [0.2, 0.25) is 0 Å². The zero-order valence-electron chi connectivity index (χ0n) is 10.5. The number of halogens is 1. The van der Waals surface area contributed by atoms with E-state index in [-0.39, 0.29) is 5.91 Å². The lowest BCUT2D eigenvalue weighted by molar-refractivity contribution is 0.0779. The number of carbonyl (C=O) groups excluding carboxylic acids is 1. The summed E-state index contributed by atoms with van der Waals surface area (Å²) in [5.74, 6) is 0.111. The number of carbonyl (C=O) groups is 1. The molecule has 1 aromatic rings. The van der Waals surface area contributed by atoms with E-state index >= 15 is 0 Å². The van der Waals surface area contributed by atoms with Gasteiger partial charge in [0, 0.05) is 30.7 Å². The number of likely N-dealkylation sites (N-methyl/N-ethyl adjacent to an activating group) is 1. The van der Waals surface area contributed by atoms with Crippen LogP contribution in [0.15, 0.2) is 12.1 Å². The fourth-order valence-corrected chi connectivity index (χ4v) is 2.51. The summed E-state index contributed by atoms with van der Waals surface area (Å²) in [5, 5.41) is 0.720. The van der Waals surface area contributed by atoms with Crippen LogP contribution in [0.2, 0.25) is 5.02 Å². The predicted octanol–water partition coefficient (Wildman–Crippen LogP) is 2.03. The van der Waals surface area contributed by atoms with E-state index in [1.54, 1.807) is 4.90 Å². The third-order valence-corrected chi connectivity index (χ3v) is 3.25. The van der Waals surface area contributed by atoms with Gasteiger partial charge in [0.15, 0.2) is 0 Å². The van der Waals surface area contributed by atoms with Crippen molar-refractivity contribution in [3.05, 3.63) is 33.8 Å². The van der Waals surface area contributed by atoms with E-state index in [2.05, 4.69) is 0 Å². The van der Waals surface area contributed by atoms with Crippen LogP contribution in [0.3, 0.4) is 0 Å². The molecule has 0 aliphatic carbocycles. The molecule has 0 fully saturated rings. The normalized spacial score (nSPS) is 15.4. The van der Waals surface area contributed by atoms with Gasteiger partial charge < -0.3 is 9.80 Å². The van der Waals surface area contributed by atoms with Crippen LogP contribution in [-0.2, 0) is 13.0 Å². The van der Waals surface area contributed by atoms with Crippen molar-refractivity contribution in [1.82, 2.24) is 9.80 Å². The molecule has 1 aliphatic heterocycles. The molecule has 17 heavy (non-hydrogen) atoms. The molecular formula is C13H17ClN2O. The number of hydrogen-bond acceptors (Lipinski definition) is 2. The van der Waals surface area contributed by atoms with Crippen LogP contribution in [-0.4, -0.2) is 43.4 Å². The zero-order valence-corrected chi connectivity index (χ0v) is 11.2. The van der Waals surface area contributed by atoms with Crippen molar-refractivity contribution in [3.8, 4) is 0 Å². The van der Waals surface area contributed by atoms with E-state index in [0.717, 1.165) is 41.2 Å². The Morgan fingerprint density at radius 1 is 1.41 bits per heavy atom. The quantitative estimate of drug-likeness (QED) is 0.804. The largest absolute Gasteiger partial charge is 0.341 e. The molecule has 92 valence electrons. The summed E-state index contributed by atoms with van der Waals surface area (Å²) in [6.45, 7) is 1.51. The molecule has 4 heteroatoms. The van der Waals surface area contributed by atoms with Crippen molar-refractivity contribution < 1.29 is 4.79 Å². The fourth-order valence-electron chi connectivity index (χ4n) is 2.24. The van der Waals surface area contributed by atoms with Crippen LogP contribution < -0.4 is 0 Å². The lowest BCUT2D eigenvalue weighted by Gasteiger charge is -2.27. The Morgan fingerprint density at radius 2 is 2.12 bits per heavy atom. The number of rotatable bonds is 2. The zero-order chi connectivity index (χ0) is 12.6. The van der Waals surface area contributed by atoms with Gasteiger partial charge in [0.25, 0.3) is 5.91 Å². The minimum Gasteiger partial charge on any atom is -0.341 e. The number of benzene rings is 1. The van der Waals surface area contributed by atoms with Crippen LogP contribution in [0.5, 0.6) is 0 Å². The Hall–Kier alpha value is -1.06. The molecule has 1 aliphatic rings. The molecule has 2 rings (SSSR count). The Balaban J connectivity index is 2.51. The van der Waals surface area contributed by atoms with Crippen LogP contribution >= 0.6 is 11.6 Å². The fraction of sp³-hybridized carbons (Fsp3) is 0.462. The minimum absolute atomic E-state index is 0.111. The highest BCUT2D eigenvalue weighted by Gasteiger charge is 2.25. The van der Waals surface area contributed by atoms with Gasteiger partial charge in [-0.05, 0) is 43.8 Å². The van der Waals surface area contributed by atoms with Crippen molar-refractivity contribution in [2.24, 2.45) is 0 Å². The van der Waals surface area contributed by atoms with Crippen molar-refractivity contribution >= 4 is 17.5 Å². The third kappa shape index (κ3) is 2.45. The van der Waals surface area contributed by atoms with Gasteiger partial charge in [-0.15, -0.1) is 0 Å². The molecule has 0 atom stereocenters. The van der Waals surface area contributed by atoms with Crippen LogP contribution in [0.4, 0.5) is 0 Å². The molecule has 0 saturated carbocycles. The summed E-state index contributed by atoms with van der Waals surface area (Å²) in [5.41, 5.74) is 2.95. The van der Waals surface area contributed by atoms with Crippen LogP contribution in [0.25, 0.3) is 0 Å². The Morgan fingerprint density at radius 3 is 2.76 bits per heavy atom. The van der Waals surface area contributed by atoms with Gasteiger partial charge in [0.05, 0.1) is 0 Å². The van der Waals surface area contributed by atoms with Crippen molar-refractivity contribution in [3.63, 3.8) is 0 Å². The summed E-state index contributed by atoms with van der Waals surface area (Å²) in [6, 6.07) is 3.82. The highest BCUT2D eigenvalue weighted by atomic mass is 35.5. The number of amides is 1. The Bertz CT molecular complexity index is 457. The standard InChI is InChI=1S/C13H17ClN2O/c1-15(2)8-10-7-11(14)6-9-4-5-16(3)13(17)12(9)10/h6-7H,4-5,8H2,1-3H3. The second-order valence-electron chi connectivity index (χ2n) is 4.81. The monoisotopic (exact) mass is 252 g/mol. The lowest BCUT2D eigenvalue weighted by atomic mass is 9.94. The molecule has 0 aromatic heterocycles. The van der Waals surface area contributed by atoms with E-state index in [1.165, 1.54) is 0 Å². The Labute approximate surface area is 107 Å². The molecule has 1 amide bonds. The summed E-state index contributed by atoms with van der Waals surface area (Å²) < 4.78 is 0. The molecule has 0 radical (unpaired) electrons. The molecule has 0 spiro atoms. The van der Waals surface area contributed by atoms with Gasteiger partial charge in [-0.1, -0.05) is 11.6 Å². The van der Waals surface area contributed by atoms with Gasteiger partial charge in [-0.2, -0.15) is 0 Å². The average molecular weight is 253 g/mol. The van der Waals surface area contributed by atoms with Gasteiger partial charge in [-0.25, -0.2) is 0 Å². The first-order chi connectivity index (χ1) is 7.99. The van der Waals surface area contributed by atoms with Crippen molar-refractivity contribution in [2.75, 3.05) is 27.7 Å². The van der Waals surface area contributed by atoms with Crippen LogP contribution in [0, 0.1) is 0 Å². The molecule has 1 aromatic carbocycles. The smallest absolute Gasteiger partial charge is 0.254 e. The predicted molar refractivity (Wildman–Crippen MR) is 69.5 cm³/mol. The van der Waals surface area contributed by atoms with E-state index in [0.29, 0.717) is 0 Å². The highest BCUT2D eigenvalue weighted by Crippen LogP contribution is 2.26. The van der Waals surface area contributed by atoms with Gasteiger partial charge in [0.1, 0.15) is 0 Å². The van der Waals surface area contributed by atoms with Gasteiger partial charge in [-0.3, -0.25) is 4.79 Å². The van der Waals surface area contributed by atoms with Crippen LogP contribution in [0.1, 0.15) is 21.5 Å². The van der Waals surface area contributed by atoms with E-state index in [1.807, 2.05) is 38.2 Å². The molecule has 0 saturated heterocycles. The molecule has 3 nitrogen and oxygen atoms in total. The highest BCUT2D eigenvalue weighted by molar-refractivity contribution is 6.30. The third-order valence-electron chi connectivity index (χ3n) is 3.03. The first kappa shape index (κ1) is 12.4. The van der Waals surface area contributed by atoms with E-state index < -0.39 is 0 Å². The van der Waals surface area contributed by atoms with Crippen molar-refractivity contribution in [2.45, 2.75) is 13.0 Å². The maximum atomic E-state index is 12.2. The maximum absolute atomic E-state index is 12.2. The summed E-state index contributed by atoms with van der Waals surface area (Å²) in [7, 11) is 5.83. The molecule has 0 N–H and O–H groups in total. The average Bonchev–Trinajstić information content (AvgIpc) is 2.22. The first-order valence-corrected chi connectivity index (χ1v) is 6.08. The van der Waals surface area contributed by atoms with Gasteiger partial charge >= 0.3 is 0 Å². The number of hydrogen-bond donors (Lipinski definition) is 0. The summed E-state index contributed by atoms with van der Waals surface area (Å²) in [6.07, 6.45) is 0.887. The van der Waals surface area contributed by atoms with E-state index in [4.69, 9.17) is 11.6 Å². The molecule has 0 unspecified atom stereocenters. The summed E-state index contributed by atoms with van der Waals surface area (Å²) in [4.78, 5) is 16.0. The SMILES string of the molecule is CN(C)Cc1cc(Cl)cc2c1C(=O)N(C)CC2. The molecule has 1 heterocycles. The first-order valence-electron chi connectivity index (χ1n) is 5.70. The number of nitrogens with zero attached hydrogens (tertiary/aromatic N) is 2. The summed E-state index contributed by atoms with van der Waals surface area (Å²) >= 11 is 6.11. The second kappa shape index (κ2) is 4.67. The minimum atomic E-state index is 0.111. The van der Waals surface area contributed by atoms with Crippen molar-refractivity contribution in [1.29, 1.82) is 0 Å². The maximum Gasteiger partial charge on any atom is 0.254 e. The topological polar surface area (TPSA) is 23.6 Å². The van der Waals surface area contributed by atoms with E-state index in [9.17, 15) is 4.79 Å². The second-order valence-corrected chi connectivity index (χ2v) is 5.25. The Kier molecular flexibility index (Phi) is 3.40. The number of fused-ring (bicyclic) bond motifs is 1. The lowest BCUT2D eigenvalue weighted by Crippen LogP contribution is -2.35. The molecule has 0 bridgehead atoms. The molecular weight excluding hydrogens is 236 g/mol.